The smallest absolute Gasteiger partial charge is 0.295 e. The molecule has 0 atom stereocenters. The van der Waals surface area contributed by atoms with Gasteiger partial charge in [0.05, 0.1) is 0 Å². The van der Waals surface area contributed by atoms with Gasteiger partial charge < -0.3 is 15.5 Å². The van der Waals surface area contributed by atoms with Gasteiger partial charge in [0.2, 0.25) is 0 Å². The molecule has 2 aromatic rings. The molecule has 0 aliphatic rings. The van der Waals surface area contributed by atoms with Crippen molar-refractivity contribution in [3.05, 3.63) is 18.2 Å². The summed E-state index contributed by atoms with van der Waals surface area (Å²) in [6, 6.07) is 6.04. The number of nitrogens with zero attached hydrogens (tertiary/aromatic N) is 1. The molecule has 0 saturated heterocycles. The first kappa shape index (κ1) is 10.8. The Morgan fingerprint density at radius 3 is 3.00 bits per heavy atom. The van der Waals surface area contributed by atoms with E-state index in [9.17, 15) is 0 Å². The third kappa shape index (κ3) is 2.45. The van der Waals surface area contributed by atoms with Gasteiger partial charge >= 0.3 is 0 Å². The maximum atomic E-state index is 5.66. The number of aromatic nitrogens is 1. The first-order chi connectivity index (χ1) is 7.65. The number of rotatable bonds is 4. The number of nitrogen functional groups attached to an aromatic ring is 1. The Kier molecular flexibility index (Phi) is 2.99. The molecule has 0 saturated carbocycles. The van der Waals surface area contributed by atoms with Gasteiger partial charge in [-0.3, -0.25) is 0 Å². The van der Waals surface area contributed by atoms with Crippen LogP contribution in [0.3, 0.4) is 0 Å². The molecule has 0 bridgehead atoms. The molecule has 1 heterocycles. The molecule has 4 nitrogen and oxygen atoms in total. The van der Waals surface area contributed by atoms with Gasteiger partial charge in [-0.1, -0.05) is 13.8 Å². The van der Waals surface area contributed by atoms with Gasteiger partial charge in [-0.2, -0.15) is 4.98 Å². The normalized spacial score (nSPS) is 11.2. The second-order valence-corrected chi connectivity index (χ2v) is 4.36. The largest absolute Gasteiger partial charge is 0.423 e. The van der Waals surface area contributed by atoms with Crippen LogP contribution in [0.4, 0.5) is 11.7 Å². The Hall–Kier alpha value is -1.71. The van der Waals surface area contributed by atoms with Gasteiger partial charge in [-0.15, -0.1) is 0 Å². The molecular weight excluding hydrogens is 202 g/mol. The van der Waals surface area contributed by atoms with Crippen LogP contribution >= 0.6 is 0 Å². The Bertz CT molecular complexity index is 476. The van der Waals surface area contributed by atoms with E-state index < -0.39 is 0 Å². The van der Waals surface area contributed by atoms with Crippen LogP contribution in [0.5, 0.6) is 0 Å². The first-order valence-corrected chi connectivity index (χ1v) is 5.55. The Balaban J connectivity index is 2.08. The number of nitrogens with two attached hydrogens (primary N) is 1. The van der Waals surface area contributed by atoms with Crippen molar-refractivity contribution in [1.82, 2.24) is 4.98 Å². The lowest BCUT2D eigenvalue weighted by Gasteiger charge is -2.03. The van der Waals surface area contributed by atoms with Crippen molar-refractivity contribution in [2.45, 2.75) is 20.3 Å². The molecule has 0 amide bonds. The average molecular weight is 219 g/mol. The van der Waals surface area contributed by atoms with E-state index in [0.717, 1.165) is 24.1 Å². The highest BCUT2D eigenvalue weighted by molar-refractivity contribution is 5.77. The summed E-state index contributed by atoms with van der Waals surface area (Å²) in [6.45, 7) is 5.25. The molecule has 1 aromatic heterocycles. The molecule has 0 fully saturated rings. The number of hydrogen-bond donors (Lipinski definition) is 2. The lowest BCUT2D eigenvalue weighted by molar-refractivity contribution is 0.580. The lowest BCUT2D eigenvalue weighted by atomic mass is 10.1. The third-order valence-electron chi connectivity index (χ3n) is 2.41. The minimum absolute atomic E-state index is 0.571. The highest BCUT2D eigenvalue weighted by atomic mass is 16.4. The summed E-state index contributed by atoms with van der Waals surface area (Å²) in [4.78, 5) is 4.32. The zero-order chi connectivity index (χ0) is 11.5. The topological polar surface area (TPSA) is 64.1 Å². The van der Waals surface area contributed by atoms with Gasteiger partial charge in [-0.05, 0) is 24.5 Å². The molecule has 0 spiro atoms. The van der Waals surface area contributed by atoms with Gasteiger partial charge in [-0.25, -0.2) is 0 Å². The number of fused-ring (bicyclic) bond motifs is 1. The van der Waals surface area contributed by atoms with E-state index in [1.807, 2.05) is 12.1 Å². The minimum Gasteiger partial charge on any atom is -0.423 e. The summed E-state index contributed by atoms with van der Waals surface area (Å²) in [5, 5.41) is 3.17. The van der Waals surface area contributed by atoms with Crippen molar-refractivity contribution in [3.63, 3.8) is 0 Å². The molecule has 0 aliphatic carbocycles. The van der Waals surface area contributed by atoms with Crippen LogP contribution in [-0.4, -0.2) is 11.5 Å². The average Bonchev–Trinajstić information content (AvgIpc) is 2.58. The zero-order valence-corrected chi connectivity index (χ0v) is 9.66. The molecule has 2 rings (SSSR count). The lowest BCUT2D eigenvalue weighted by Crippen LogP contribution is -2.04. The molecule has 1 aromatic carbocycles. The molecule has 0 aliphatic heterocycles. The first-order valence-electron chi connectivity index (χ1n) is 5.55. The Morgan fingerprint density at radius 1 is 1.44 bits per heavy atom. The number of nitrogens with one attached hydrogen (secondary N) is 1. The summed E-state index contributed by atoms with van der Waals surface area (Å²) in [5.74, 6) is 0.674. The van der Waals surface area contributed by atoms with Crippen LogP contribution in [0.1, 0.15) is 20.3 Å². The molecule has 0 radical (unpaired) electrons. The van der Waals surface area contributed by atoms with Crippen molar-refractivity contribution in [2.24, 2.45) is 5.92 Å². The predicted molar refractivity (Wildman–Crippen MR) is 66.4 cm³/mol. The fourth-order valence-electron chi connectivity index (χ4n) is 1.48. The van der Waals surface area contributed by atoms with E-state index in [0.29, 0.717) is 17.6 Å². The van der Waals surface area contributed by atoms with Crippen molar-refractivity contribution in [1.29, 1.82) is 0 Å². The molecule has 3 N–H and O–H groups in total. The second kappa shape index (κ2) is 4.43. The molecule has 4 heteroatoms. The van der Waals surface area contributed by atoms with E-state index in [4.69, 9.17) is 10.2 Å². The molecule has 86 valence electrons. The summed E-state index contributed by atoms with van der Waals surface area (Å²) >= 11 is 0. The van der Waals surface area contributed by atoms with E-state index in [-0.39, 0.29) is 0 Å². The molecule has 16 heavy (non-hydrogen) atoms. The summed E-state index contributed by atoms with van der Waals surface area (Å²) in [6.07, 6.45) is 1.10. The quantitative estimate of drug-likeness (QED) is 0.776. The van der Waals surface area contributed by atoms with Crippen LogP contribution in [-0.2, 0) is 0 Å². The van der Waals surface area contributed by atoms with Crippen LogP contribution in [0.25, 0.3) is 11.1 Å². The van der Waals surface area contributed by atoms with Crippen LogP contribution in [0.2, 0.25) is 0 Å². The maximum absolute atomic E-state index is 5.66. The third-order valence-corrected chi connectivity index (χ3v) is 2.41. The fraction of sp³-hybridized carbons (Fsp3) is 0.417. The monoisotopic (exact) mass is 219 g/mol. The van der Waals surface area contributed by atoms with Gasteiger partial charge in [0.25, 0.3) is 6.01 Å². The highest BCUT2D eigenvalue weighted by Crippen LogP contribution is 2.21. The van der Waals surface area contributed by atoms with Crippen LogP contribution in [0, 0.1) is 5.92 Å². The number of anilines is 2. The summed E-state index contributed by atoms with van der Waals surface area (Å²) in [7, 11) is 0. The highest BCUT2D eigenvalue weighted by Gasteiger charge is 2.05. The molecule has 0 unspecified atom stereocenters. The minimum atomic E-state index is 0.571. The number of benzene rings is 1. The second-order valence-electron chi connectivity index (χ2n) is 4.36. The fourth-order valence-corrected chi connectivity index (χ4v) is 1.48. The van der Waals surface area contributed by atoms with Gasteiger partial charge in [0, 0.05) is 18.3 Å². The van der Waals surface area contributed by atoms with E-state index in [2.05, 4.69) is 24.1 Å². The van der Waals surface area contributed by atoms with Crippen molar-refractivity contribution in [2.75, 3.05) is 17.6 Å². The van der Waals surface area contributed by atoms with Crippen molar-refractivity contribution in [3.8, 4) is 0 Å². The molecular formula is C12H17N3O. The SMILES string of the molecule is CC(C)CCNc1nc2ccc(N)cc2o1. The maximum Gasteiger partial charge on any atom is 0.295 e. The number of hydrogen-bond acceptors (Lipinski definition) is 4. The van der Waals surface area contributed by atoms with Crippen molar-refractivity contribution < 1.29 is 4.42 Å². The summed E-state index contributed by atoms with van der Waals surface area (Å²) in [5.41, 5.74) is 7.92. The van der Waals surface area contributed by atoms with Crippen LogP contribution < -0.4 is 11.1 Å². The van der Waals surface area contributed by atoms with E-state index in [1.165, 1.54) is 0 Å². The van der Waals surface area contributed by atoms with Crippen LogP contribution in [0.15, 0.2) is 22.6 Å². The predicted octanol–water partition coefficient (Wildman–Crippen LogP) is 2.87. The van der Waals surface area contributed by atoms with Gasteiger partial charge in [0.15, 0.2) is 5.58 Å². The van der Waals surface area contributed by atoms with Gasteiger partial charge in [0.1, 0.15) is 5.52 Å². The zero-order valence-electron chi connectivity index (χ0n) is 9.66. The standard InChI is InChI=1S/C12H17N3O/c1-8(2)5-6-14-12-15-10-4-3-9(13)7-11(10)16-12/h3-4,7-8H,5-6,13H2,1-2H3,(H,14,15). The van der Waals surface area contributed by atoms with E-state index >= 15 is 0 Å². The van der Waals surface area contributed by atoms with E-state index in [1.54, 1.807) is 6.07 Å². The van der Waals surface area contributed by atoms with Crippen molar-refractivity contribution >= 4 is 22.8 Å². The number of oxazole rings is 1. The Morgan fingerprint density at radius 2 is 2.25 bits per heavy atom. The summed E-state index contributed by atoms with van der Waals surface area (Å²) < 4.78 is 5.53. The Labute approximate surface area is 94.8 Å².